The highest BCUT2D eigenvalue weighted by molar-refractivity contribution is 5.73. The number of hydrogen-bond donors (Lipinski definition) is 3. The van der Waals surface area contributed by atoms with E-state index in [1.807, 2.05) is 0 Å². The van der Waals surface area contributed by atoms with Gasteiger partial charge in [0, 0.05) is 6.07 Å². The van der Waals surface area contributed by atoms with Gasteiger partial charge < -0.3 is 20.7 Å². The summed E-state index contributed by atoms with van der Waals surface area (Å²) in [7, 11) is 0. The Balaban J connectivity index is 2.49. The van der Waals surface area contributed by atoms with E-state index in [-0.39, 0.29) is 12.4 Å². The zero-order chi connectivity index (χ0) is 10.6. The molecular weight excluding hydrogens is 186 g/mol. The van der Waals surface area contributed by atoms with Crippen LogP contribution in [0.3, 0.4) is 0 Å². The molecule has 1 rings (SSSR count). The van der Waals surface area contributed by atoms with Crippen molar-refractivity contribution in [3.05, 3.63) is 24.3 Å². The van der Waals surface area contributed by atoms with Crippen molar-refractivity contribution in [2.75, 3.05) is 6.61 Å². The average molecular weight is 197 g/mol. The molecule has 0 bridgehead atoms. The number of ether oxygens (including phenoxy) is 1. The van der Waals surface area contributed by atoms with E-state index in [1.54, 1.807) is 12.1 Å². The summed E-state index contributed by atoms with van der Waals surface area (Å²) >= 11 is 0. The van der Waals surface area contributed by atoms with Crippen LogP contribution in [0.4, 0.5) is 0 Å². The van der Waals surface area contributed by atoms with Crippen LogP contribution in [-0.2, 0) is 4.79 Å². The first-order valence-corrected chi connectivity index (χ1v) is 4.00. The first kappa shape index (κ1) is 10.3. The molecule has 0 aliphatic rings. The number of phenolic OH excluding ortho intramolecular Hbond substituents is 1. The zero-order valence-electron chi connectivity index (χ0n) is 7.38. The quantitative estimate of drug-likeness (QED) is 0.640. The summed E-state index contributed by atoms with van der Waals surface area (Å²) in [6.45, 7) is -0.126. The number of aromatic hydroxyl groups is 1. The maximum absolute atomic E-state index is 10.3. The lowest BCUT2D eigenvalue weighted by molar-refractivity contribution is -0.139. The Kier molecular flexibility index (Phi) is 3.30. The van der Waals surface area contributed by atoms with Gasteiger partial charge in [0.15, 0.2) is 0 Å². The second kappa shape index (κ2) is 4.48. The first-order valence-electron chi connectivity index (χ1n) is 4.00. The van der Waals surface area contributed by atoms with E-state index in [1.165, 1.54) is 12.1 Å². The first-order chi connectivity index (χ1) is 6.59. The number of carboxylic acids is 1. The van der Waals surface area contributed by atoms with Crippen LogP contribution in [-0.4, -0.2) is 28.8 Å². The van der Waals surface area contributed by atoms with Gasteiger partial charge >= 0.3 is 5.97 Å². The number of benzene rings is 1. The van der Waals surface area contributed by atoms with Crippen LogP contribution in [0.15, 0.2) is 24.3 Å². The van der Waals surface area contributed by atoms with Crippen LogP contribution in [0, 0.1) is 0 Å². The van der Waals surface area contributed by atoms with Crippen molar-refractivity contribution in [1.29, 1.82) is 0 Å². The molecule has 0 aliphatic heterocycles. The van der Waals surface area contributed by atoms with E-state index in [0.29, 0.717) is 5.75 Å². The summed E-state index contributed by atoms with van der Waals surface area (Å²) < 4.78 is 5.04. The fraction of sp³-hybridized carbons (Fsp3) is 0.222. The fourth-order valence-corrected chi connectivity index (χ4v) is 0.831. The minimum absolute atomic E-state index is 0.0615. The van der Waals surface area contributed by atoms with E-state index in [9.17, 15) is 4.79 Å². The summed E-state index contributed by atoms with van der Waals surface area (Å²) in [6, 6.07) is 5.02. The van der Waals surface area contributed by atoms with Gasteiger partial charge in [-0.05, 0) is 12.1 Å². The molecule has 1 aromatic rings. The monoisotopic (exact) mass is 197 g/mol. The highest BCUT2D eigenvalue weighted by atomic mass is 16.5. The van der Waals surface area contributed by atoms with Crippen LogP contribution in [0.5, 0.6) is 11.5 Å². The third-order valence-corrected chi connectivity index (χ3v) is 1.56. The molecule has 0 radical (unpaired) electrons. The summed E-state index contributed by atoms with van der Waals surface area (Å²) in [5.74, 6) is -0.668. The minimum atomic E-state index is -1.12. The fourth-order valence-electron chi connectivity index (χ4n) is 0.831. The molecule has 4 N–H and O–H groups in total. The molecule has 5 heteroatoms. The van der Waals surface area contributed by atoms with Crippen molar-refractivity contribution < 1.29 is 19.7 Å². The highest BCUT2D eigenvalue weighted by Crippen LogP contribution is 2.17. The van der Waals surface area contributed by atoms with Crippen LogP contribution in [0.2, 0.25) is 0 Å². The molecule has 0 heterocycles. The number of phenols is 1. The van der Waals surface area contributed by atoms with Gasteiger partial charge in [-0.3, -0.25) is 4.79 Å². The molecule has 1 aromatic carbocycles. The van der Waals surface area contributed by atoms with Crippen molar-refractivity contribution in [3.63, 3.8) is 0 Å². The SMILES string of the molecule is N[C@@H](COc1cccc(O)c1)C(=O)O. The normalized spacial score (nSPS) is 12.1. The Labute approximate surface area is 80.7 Å². The molecule has 0 aliphatic carbocycles. The van der Waals surface area contributed by atoms with Gasteiger partial charge in [0.2, 0.25) is 0 Å². The maximum Gasteiger partial charge on any atom is 0.324 e. The smallest absolute Gasteiger partial charge is 0.324 e. The van der Waals surface area contributed by atoms with E-state index in [4.69, 9.17) is 20.7 Å². The summed E-state index contributed by atoms with van der Waals surface area (Å²) in [6.07, 6.45) is 0. The van der Waals surface area contributed by atoms with E-state index >= 15 is 0 Å². The van der Waals surface area contributed by atoms with Gasteiger partial charge in [-0.25, -0.2) is 0 Å². The molecule has 1 atom stereocenters. The number of carboxylic acid groups (broad SMARTS) is 1. The number of hydrogen-bond acceptors (Lipinski definition) is 4. The summed E-state index contributed by atoms with van der Waals surface area (Å²) in [5, 5.41) is 17.5. The Morgan fingerprint density at radius 3 is 2.86 bits per heavy atom. The van der Waals surface area contributed by atoms with E-state index in [0.717, 1.165) is 0 Å². The lowest BCUT2D eigenvalue weighted by Gasteiger charge is -2.08. The van der Waals surface area contributed by atoms with Gasteiger partial charge in [0.05, 0.1) is 0 Å². The van der Waals surface area contributed by atoms with Gasteiger partial charge in [-0.15, -0.1) is 0 Å². The van der Waals surface area contributed by atoms with Crippen LogP contribution in [0.1, 0.15) is 0 Å². The van der Waals surface area contributed by atoms with Gasteiger partial charge in [-0.1, -0.05) is 6.07 Å². The molecule has 0 fully saturated rings. The predicted octanol–water partition coefficient (Wildman–Crippen LogP) is 0.183. The number of nitrogens with two attached hydrogens (primary N) is 1. The van der Waals surface area contributed by atoms with Crippen molar-refractivity contribution in [1.82, 2.24) is 0 Å². The second-order valence-electron chi connectivity index (χ2n) is 2.75. The Morgan fingerprint density at radius 1 is 1.57 bits per heavy atom. The summed E-state index contributed by atoms with van der Waals surface area (Å²) in [4.78, 5) is 10.3. The molecule has 5 nitrogen and oxygen atoms in total. The highest BCUT2D eigenvalue weighted by Gasteiger charge is 2.11. The van der Waals surface area contributed by atoms with Crippen LogP contribution < -0.4 is 10.5 Å². The lowest BCUT2D eigenvalue weighted by atomic mass is 10.3. The molecule has 0 amide bonds. The average Bonchev–Trinajstić information content (AvgIpc) is 2.14. The third-order valence-electron chi connectivity index (χ3n) is 1.56. The largest absolute Gasteiger partial charge is 0.508 e. The van der Waals surface area contributed by atoms with Crippen molar-refractivity contribution >= 4 is 5.97 Å². The van der Waals surface area contributed by atoms with Crippen molar-refractivity contribution in [2.45, 2.75) is 6.04 Å². The molecule has 0 aromatic heterocycles. The molecule has 0 unspecified atom stereocenters. The third kappa shape index (κ3) is 2.95. The molecule has 0 spiro atoms. The molecule has 76 valence electrons. The number of carbonyl (C=O) groups is 1. The van der Waals surface area contributed by atoms with Gasteiger partial charge in [0.25, 0.3) is 0 Å². The number of aliphatic carboxylic acids is 1. The van der Waals surface area contributed by atoms with Gasteiger partial charge in [-0.2, -0.15) is 0 Å². The standard InChI is InChI=1S/C9H11NO4/c10-8(9(12)13)5-14-7-3-1-2-6(11)4-7/h1-4,8,11H,5,10H2,(H,12,13)/t8-/m0/s1. The van der Waals surface area contributed by atoms with Crippen LogP contribution >= 0.6 is 0 Å². The minimum Gasteiger partial charge on any atom is -0.508 e. The molecule has 14 heavy (non-hydrogen) atoms. The predicted molar refractivity (Wildman–Crippen MR) is 49.2 cm³/mol. The molecule has 0 saturated heterocycles. The zero-order valence-corrected chi connectivity index (χ0v) is 7.38. The van der Waals surface area contributed by atoms with Crippen molar-refractivity contribution in [3.8, 4) is 11.5 Å². The lowest BCUT2D eigenvalue weighted by Crippen LogP contribution is -2.36. The van der Waals surface area contributed by atoms with E-state index < -0.39 is 12.0 Å². The van der Waals surface area contributed by atoms with Crippen LogP contribution in [0.25, 0.3) is 0 Å². The molecule has 0 saturated carbocycles. The van der Waals surface area contributed by atoms with Crippen molar-refractivity contribution in [2.24, 2.45) is 5.73 Å². The Morgan fingerprint density at radius 2 is 2.29 bits per heavy atom. The summed E-state index contributed by atoms with van der Waals surface area (Å²) in [5.41, 5.74) is 5.22. The van der Waals surface area contributed by atoms with E-state index in [2.05, 4.69) is 0 Å². The number of rotatable bonds is 4. The Hall–Kier alpha value is -1.75. The second-order valence-corrected chi connectivity index (χ2v) is 2.75. The topological polar surface area (TPSA) is 92.8 Å². The molecular formula is C9H11NO4. The van der Waals surface area contributed by atoms with Gasteiger partial charge in [0.1, 0.15) is 24.1 Å². The Bertz CT molecular complexity index is 326. The maximum atomic E-state index is 10.3.